The first kappa shape index (κ1) is 17.5. The zero-order chi connectivity index (χ0) is 17.8. The lowest BCUT2D eigenvalue weighted by Crippen LogP contribution is -2.43. The maximum Gasteiger partial charge on any atom is 0.318 e. The molecule has 1 atom stereocenters. The number of hydrogen-bond acceptors (Lipinski definition) is 5. The minimum Gasteiger partial charge on any atom is -0.459 e. The number of furan rings is 1. The van der Waals surface area contributed by atoms with Crippen LogP contribution in [-0.2, 0) is 0 Å². The molecule has 8 heteroatoms. The van der Waals surface area contributed by atoms with Gasteiger partial charge in [-0.1, -0.05) is 0 Å². The Hall–Kier alpha value is -2.35. The van der Waals surface area contributed by atoms with E-state index in [-0.39, 0.29) is 18.0 Å². The molecule has 134 valence electrons. The molecule has 3 heterocycles. The molecule has 1 N–H and O–H groups in total. The van der Waals surface area contributed by atoms with Crippen LogP contribution in [0.4, 0.5) is 4.79 Å². The summed E-state index contributed by atoms with van der Waals surface area (Å²) < 4.78 is 5.18. The summed E-state index contributed by atoms with van der Waals surface area (Å²) in [7, 11) is 0. The molecule has 0 bridgehead atoms. The molecule has 0 unspecified atom stereocenters. The minimum absolute atomic E-state index is 0.118. The highest BCUT2D eigenvalue weighted by atomic mass is 32.1. The van der Waals surface area contributed by atoms with Gasteiger partial charge in [0, 0.05) is 37.3 Å². The Morgan fingerprint density at radius 1 is 1.28 bits per heavy atom. The SMILES string of the molecule is Cc1csc([C@H](C)NC(=O)N2CCCN(C(=O)c3ccco3)CC2)n1. The second-order valence-electron chi connectivity index (χ2n) is 6.11. The maximum absolute atomic E-state index is 12.5. The maximum atomic E-state index is 12.5. The Bertz CT molecular complexity index is 728. The highest BCUT2D eigenvalue weighted by molar-refractivity contribution is 7.09. The van der Waals surface area contributed by atoms with Gasteiger partial charge in [0.15, 0.2) is 5.76 Å². The van der Waals surface area contributed by atoms with Crippen LogP contribution >= 0.6 is 11.3 Å². The molecule has 25 heavy (non-hydrogen) atoms. The van der Waals surface area contributed by atoms with Crippen molar-refractivity contribution >= 4 is 23.3 Å². The van der Waals surface area contributed by atoms with Crippen molar-refractivity contribution in [2.45, 2.75) is 26.3 Å². The van der Waals surface area contributed by atoms with E-state index >= 15 is 0 Å². The van der Waals surface area contributed by atoms with E-state index in [2.05, 4.69) is 10.3 Å². The van der Waals surface area contributed by atoms with Gasteiger partial charge in [-0.15, -0.1) is 11.3 Å². The van der Waals surface area contributed by atoms with Crippen LogP contribution in [0, 0.1) is 6.92 Å². The van der Waals surface area contributed by atoms with Gasteiger partial charge in [0.05, 0.1) is 12.3 Å². The van der Waals surface area contributed by atoms with Crippen molar-refractivity contribution < 1.29 is 14.0 Å². The normalized spacial score (nSPS) is 16.4. The number of nitrogens with zero attached hydrogens (tertiary/aromatic N) is 3. The second-order valence-corrected chi connectivity index (χ2v) is 7.00. The lowest BCUT2D eigenvalue weighted by atomic mass is 10.3. The van der Waals surface area contributed by atoms with Crippen molar-refractivity contribution in [1.82, 2.24) is 20.1 Å². The number of nitrogens with one attached hydrogen (secondary N) is 1. The van der Waals surface area contributed by atoms with E-state index < -0.39 is 0 Å². The van der Waals surface area contributed by atoms with Crippen LogP contribution in [0.15, 0.2) is 28.2 Å². The number of carbonyl (C=O) groups is 2. The lowest BCUT2D eigenvalue weighted by Gasteiger charge is -2.23. The van der Waals surface area contributed by atoms with Crippen molar-refractivity contribution in [3.63, 3.8) is 0 Å². The summed E-state index contributed by atoms with van der Waals surface area (Å²) in [6, 6.07) is 3.12. The number of rotatable bonds is 3. The first-order valence-corrected chi connectivity index (χ1v) is 9.23. The zero-order valence-corrected chi connectivity index (χ0v) is 15.2. The zero-order valence-electron chi connectivity index (χ0n) is 14.4. The van der Waals surface area contributed by atoms with E-state index in [9.17, 15) is 9.59 Å². The average Bonchev–Trinajstić information content (AvgIpc) is 3.21. The van der Waals surface area contributed by atoms with Crippen molar-refractivity contribution in [3.05, 3.63) is 40.2 Å². The molecule has 0 aromatic carbocycles. The van der Waals surface area contributed by atoms with Gasteiger partial charge in [0.2, 0.25) is 0 Å². The van der Waals surface area contributed by atoms with E-state index in [0.29, 0.717) is 31.9 Å². The van der Waals surface area contributed by atoms with Crippen LogP contribution in [0.2, 0.25) is 0 Å². The molecule has 0 spiro atoms. The summed E-state index contributed by atoms with van der Waals surface area (Å²) in [6.45, 7) is 6.11. The molecule has 3 rings (SSSR count). The summed E-state index contributed by atoms with van der Waals surface area (Å²) in [4.78, 5) is 32.8. The Labute approximate surface area is 150 Å². The molecule has 1 aliphatic heterocycles. The first-order chi connectivity index (χ1) is 12.0. The molecule has 3 amide bonds. The summed E-state index contributed by atoms with van der Waals surface area (Å²) in [5.41, 5.74) is 0.961. The smallest absolute Gasteiger partial charge is 0.318 e. The highest BCUT2D eigenvalue weighted by Gasteiger charge is 2.25. The third-order valence-corrected chi connectivity index (χ3v) is 5.29. The fraction of sp³-hybridized carbons (Fsp3) is 0.471. The van der Waals surface area contributed by atoms with E-state index in [1.165, 1.54) is 6.26 Å². The van der Waals surface area contributed by atoms with Crippen LogP contribution in [-0.4, -0.2) is 52.9 Å². The summed E-state index contributed by atoms with van der Waals surface area (Å²) in [6.07, 6.45) is 2.23. The molecule has 0 aliphatic carbocycles. The molecule has 0 radical (unpaired) electrons. The number of carbonyl (C=O) groups excluding carboxylic acids is 2. The molecule has 2 aromatic heterocycles. The van der Waals surface area contributed by atoms with Crippen molar-refractivity contribution in [3.8, 4) is 0 Å². The van der Waals surface area contributed by atoms with Gasteiger partial charge in [-0.05, 0) is 32.4 Å². The van der Waals surface area contributed by atoms with Gasteiger partial charge < -0.3 is 19.5 Å². The molecule has 1 saturated heterocycles. The van der Waals surface area contributed by atoms with Crippen LogP contribution in [0.25, 0.3) is 0 Å². The van der Waals surface area contributed by atoms with Crippen molar-refractivity contribution in [2.75, 3.05) is 26.2 Å². The van der Waals surface area contributed by atoms with E-state index in [1.54, 1.807) is 33.3 Å². The lowest BCUT2D eigenvalue weighted by molar-refractivity contribution is 0.0730. The molecule has 7 nitrogen and oxygen atoms in total. The Morgan fingerprint density at radius 3 is 2.72 bits per heavy atom. The number of aromatic nitrogens is 1. The number of urea groups is 1. The molecule has 1 fully saturated rings. The largest absolute Gasteiger partial charge is 0.459 e. The van der Waals surface area contributed by atoms with Crippen molar-refractivity contribution in [1.29, 1.82) is 0 Å². The van der Waals surface area contributed by atoms with Crippen LogP contribution in [0.1, 0.15) is 40.6 Å². The van der Waals surface area contributed by atoms with Gasteiger partial charge in [-0.2, -0.15) is 0 Å². The Kier molecular flexibility index (Phi) is 5.37. The van der Waals surface area contributed by atoms with Gasteiger partial charge >= 0.3 is 6.03 Å². The number of thiazole rings is 1. The first-order valence-electron chi connectivity index (χ1n) is 8.35. The van der Waals surface area contributed by atoms with Gasteiger partial charge in [-0.25, -0.2) is 9.78 Å². The standard InChI is InChI=1S/C17H22N4O3S/c1-12-11-25-15(18-12)13(2)19-17(23)21-7-4-6-20(8-9-21)16(22)14-5-3-10-24-14/h3,5,10-11,13H,4,6-9H2,1-2H3,(H,19,23)/t13-/m0/s1. The quantitative estimate of drug-likeness (QED) is 0.910. The Morgan fingerprint density at radius 2 is 2.04 bits per heavy atom. The van der Waals surface area contributed by atoms with Gasteiger partial charge in [0.25, 0.3) is 5.91 Å². The molecule has 0 saturated carbocycles. The predicted molar refractivity (Wildman–Crippen MR) is 94.6 cm³/mol. The van der Waals surface area contributed by atoms with Crippen LogP contribution in [0.5, 0.6) is 0 Å². The van der Waals surface area contributed by atoms with Crippen LogP contribution in [0.3, 0.4) is 0 Å². The third kappa shape index (κ3) is 4.19. The van der Waals surface area contributed by atoms with Crippen molar-refractivity contribution in [2.24, 2.45) is 0 Å². The predicted octanol–water partition coefficient (Wildman–Crippen LogP) is 2.66. The molecule has 1 aliphatic rings. The summed E-state index contributed by atoms with van der Waals surface area (Å²) in [5, 5.41) is 5.86. The fourth-order valence-corrected chi connectivity index (χ4v) is 3.59. The number of amides is 3. The third-order valence-electron chi connectivity index (χ3n) is 4.15. The number of hydrogen-bond donors (Lipinski definition) is 1. The average molecular weight is 362 g/mol. The van der Waals surface area contributed by atoms with E-state index in [1.807, 2.05) is 19.2 Å². The highest BCUT2D eigenvalue weighted by Crippen LogP contribution is 2.18. The van der Waals surface area contributed by atoms with E-state index in [0.717, 1.165) is 17.1 Å². The minimum atomic E-state index is -0.129. The topological polar surface area (TPSA) is 78.7 Å². The molecular formula is C17H22N4O3S. The molecular weight excluding hydrogens is 340 g/mol. The van der Waals surface area contributed by atoms with Gasteiger partial charge in [0.1, 0.15) is 5.01 Å². The summed E-state index contributed by atoms with van der Waals surface area (Å²) in [5.74, 6) is 0.213. The van der Waals surface area contributed by atoms with Crippen LogP contribution < -0.4 is 5.32 Å². The Balaban J connectivity index is 1.55. The fourth-order valence-electron chi connectivity index (χ4n) is 2.79. The number of aryl methyl sites for hydroxylation is 1. The molecule has 2 aromatic rings. The monoisotopic (exact) mass is 362 g/mol. The second kappa shape index (κ2) is 7.69. The van der Waals surface area contributed by atoms with Gasteiger partial charge in [-0.3, -0.25) is 4.79 Å². The van der Waals surface area contributed by atoms with E-state index in [4.69, 9.17) is 4.42 Å². The summed E-state index contributed by atoms with van der Waals surface area (Å²) >= 11 is 1.55.